The van der Waals surface area contributed by atoms with Crippen LogP contribution in [0.2, 0.25) is 0 Å². The molecular weight excluding hydrogens is 452 g/mol. The van der Waals surface area contributed by atoms with Gasteiger partial charge in [0.2, 0.25) is 11.7 Å². The Morgan fingerprint density at radius 2 is 1.60 bits per heavy atom. The number of amides is 1. The van der Waals surface area contributed by atoms with E-state index in [2.05, 4.69) is 17.5 Å². The summed E-state index contributed by atoms with van der Waals surface area (Å²) in [5.41, 5.74) is 3.42. The summed E-state index contributed by atoms with van der Waals surface area (Å²) in [6.07, 6.45) is 6.06. The van der Waals surface area contributed by atoms with Gasteiger partial charge in [-0.15, -0.1) is 0 Å². The van der Waals surface area contributed by atoms with E-state index in [-0.39, 0.29) is 17.2 Å². The molecule has 0 aromatic heterocycles. The van der Waals surface area contributed by atoms with Gasteiger partial charge in [0.1, 0.15) is 0 Å². The number of carbonyl (C=O) groups is 2. The lowest BCUT2D eigenvalue weighted by Crippen LogP contribution is -2.16. The Morgan fingerprint density at radius 1 is 0.886 bits per heavy atom. The van der Waals surface area contributed by atoms with Crippen molar-refractivity contribution < 1.29 is 33.3 Å². The molecule has 0 aliphatic carbocycles. The zero-order valence-electron chi connectivity index (χ0n) is 21.0. The Balaban J connectivity index is 2.13. The van der Waals surface area contributed by atoms with Crippen LogP contribution in [0.1, 0.15) is 61.9 Å². The minimum atomic E-state index is -0.623. The molecule has 9 nitrogen and oxygen atoms in total. The number of nitrogens with one attached hydrogen (secondary N) is 1. The monoisotopic (exact) mass is 486 g/mol. The predicted octanol–water partition coefficient (Wildman–Crippen LogP) is 4.75. The summed E-state index contributed by atoms with van der Waals surface area (Å²) < 4.78 is 27.1. The highest BCUT2D eigenvalue weighted by molar-refractivity contribution is 5.93. The van der Waals surface area contributed by atoms with Gasteiger partial charge in [0.15, 0.2) is 23.0 Å². The second-order valence-corrected chi connectivity index (χ2v) is 7.55. The molecule has 0 saturated heterocycles. The second-order valence-electron chi connectivity index (χ2n) is 7.55. The number of hydrogen-bond donors (Lipinski definition) is 1. The lowest BCUT2D eigenvalue weighted by atomic mass is 10.1. The molecule has 0 atom stereocenters. The normalized spacial score (nSPS) is 10.7. The molecule has 9 heteroatoms. The maximum atomic E-state index is 12.9. The van der Waals surface area contributed by atoms with Gasteiger partial charge in [-0.05, 0) is 49.2 Å². The molecule has 35 heavy (non-hydrogen) atoms. The van der Waals surface area contributed by atoms with Crippen LogP contribution in [0.4, 0.5) is 0 Å². The van der Waals surface area contributed by atoms with Crippen LogP contribution in [0.5, 0.6) is 28.7 Å². The van der Waals surface area contributed by atoms with Crippen molar-refractivity contribution in [1.82, 2.24) is 5.43 Å². The molecule has 2 rings (SSSR count). The smallest absolute Gasteiger partial charge is 0.343 e. The van der Waals surface area contributed by atoms with E-state index in [1.165, 1.54) is 39.7 Å². The molecular formula is C26H34N2O7. The van der Waals surface area contributed by atoms with Gasteiger partial charge in [0.05, 0.1) is 39.7 Å². The highest BCUT2D eigenvalue weighted by atomic mass is 16.6. The highest BCUT2D eigenvalue weighted by Crippen LogP contribution is 2.38. The third-order valence-corrected chi connectivity index (χ3v) is 5.03. The van der Waals surface area contributed by atoms with E-state index in [4.69, 9.17) is 23.7 Å². The molecule has 0 unspecified atom stereocenters. The average Bonchev–Trinajstić information content (AvgIpc) is 2.87. The largest absolute Gasteiger partial charge is 0.493 e. The summed E-state index contributed by atoms with van der Waals surface area (Å²) in [5, 5.41) is 4.01. The van der Waals surface area contributed by atoms with E-state index in [0.29, 0.717) is 41.6 Å². The Hall–Kier alpha value is -3.75. The standard InChI is InChI=1S/C26H34N2O7/c1-6-8-9-10-11-24(29)28-27-17-18-12-13-20(21(14-18)34-7-2)35-26(30)19-15-22(31-3)25(33-5)23(16-19)32-4/h12-17H,6-11H2,1-5H3,(H,28,29)/b27-17+. The minimum absolute atomic E-state index is 0.127. The lowest BCUT2D eigenvalue weighted by molar-refractivity contribution is -0.121. The highest BCUT2D eigenvalue weighted by Gasteiger charge is 2.19. The number of unbranched alkanes of at least 4 members (excludes halogenated alkanes) is 3. The average molecular weight is 487 g/mol. The SMILES string of the molecule is CCCCCCC(=O)N/N=C/c1ccc(OC(=O)c2cc(OC)c(OC)c(OC)c2)c(OCC)c1. The number of hydrogen-bond acceptors (Lipinski definition) is 8. The van der Waals surface area contributed by atoms with Crippen molar-refractivity contribution in [2.24, 2.45) is 5.10 Å². The molecule has 0 spiro atoms. The molecule has 0 saturated carbocycles. The maximum absolute atomic E-state index is 12.9. The summed E-state index contributed by atoms with van der Waals surface area (Å²) in [5.74, 6) is 0.898. The molecule has 1 amide bonds. The summed E-state index contributed by atoms with van der Waals surface area (Å²) >= 11 is 0. The number of hydrazone groups is 1. The van der Waals surface area contributed by atoms with Gasteiger partial charge >= 0.3 is 5.97 Å². The number of methoxy groups -OCH3 is 3. The number of nitrogens with zero attached hydrogens (tertiary/aromatic N) is 1. The zero-order valence-corrected chi connectivity index (χ0v) is 21.0. The van der Waals surface area contributed by atoms with E-state index in [1.807, 2.05) is 6.92 Å². The molecule has 0 fully saturated rings. The summed E-state index contributed by atoms with van der Waals surface area (Å²) in [6, 6.07) is 8.01. The third kappa shape index (κ3) is 8.20. The van der Waals surface area contributed by atoms with Crippen LogP contribution in [-0.4, -0.2) is 46.0 Å². The molecule has 0 aliphatic heterocycles. The van der Waals surface area contributed by atoms with E-state index in [9.17, 15) is 9.59 Å². The van der Waals surface area contributed by atoms with Crippen LogP contribution in [0.15, 0.2) is 35.4 Å². The van der Waals surface area contributed by atoms with Crippen LogP contribution in [0.3, 0.4) is 0 Å². The van der Waals surface area contributed by atoms with Crippen molar-refractivity contribution in [3.63, 3.8) is 0 Å². The summed E-state index contributed by atoms with van der Waals surface area (Å²) in [7, 11) is 4.42. The lowest BCUT2D eigenvalue weighted by Gasteiger charge is -2.15. The van der Waals surface area contributed by atoms with Crippen molar-refractivity contribution in [3.8, 4) is 28.7 Å². The topological polar surface area (TPSA) is 105 Å². The van der Waals surface area contributed by atoms with Crippen molar-refractivity contribution in [3.05, 3.63) is 41.5 Å². The number of esters is 1. The predicted molar refractivity (Wildman–Crippen MR) is 133 cm³/mol. The van der Waals surface area contributed by atoms with Gasteiger partial charge in [0, 0.05) is 6.42 Å². The van der Waals surface area contributed by atoms with Gasteiger partial charge in [-0.2, -0.15) is 5.10 Å². The Morgan fingerprint density at radius 3 is 2.20 bits per heavy atom. The Bertz CT molecular complexity index is 996. The Kier molecular flexibility index (Phi) is 11.4. The van der Waals surface area contributed by atoms with Crippen LogP contribution in [-0.2, 0) is 4.79 Å². The van der Waals surface area contributed by atoms with Gasteiger partial charge in [0.25, 0.3) is 0 Å². The van der Waals surface area contributed by atoms with E-state index >= 15 is 0 Å². The van der Waals surface area contributed by atoms with Gasteiger partial charge in [-0.3, -0.25) is 4.79 Å². The number of carbonyl (C=O) groups excluding carboxylic acids is 2. The van der Waals surface area contributed by atoms with Crippen LogP contribution < -0.4 is 29.1 Å². The summed E-state index contributed by atoms with van der Waals surface area (Å²) in [4.78, 5) is 24.7. The Labute approximate surface area is 206 Å². The fraction of sp³-hybridized carbons (Fsp3) is 0.423. The molecule has 0 bridgehead atoms. The van der Waals surface area contributed by atoms with Crippen molar-refractivity contribution in [2.75, 3.05) is 27.9 Å². The van der Waals surface area contributed by atoms with Crippen LogP contribution >= 0.6 is 0 Å². The van der Waals surface area contributed by atoms with Gasteiger partial charge < -0.3 is 23.7 Å². The first-order valence-corrected chi connectivity index (χ1v) is 11.6. The second kappa shape index (κ2) is 14.5. The first kappa shape index (κ1) is 27.5. The maximum Gasteiger partial charge on any atom is 0.343 e. The van der Waals surface area contributed by atoms with Crippen LogP contribution in [0, 0.1) is 0 Å². The molecule has 0 radical (unpaired) electrons. The zero-order chi connectivity index (χ0) is 25.6. The minimum Gasteiger partial charge on any atom is -0.493 e. The van der Waals surface area contributed by atoms with Crippen molar-refractivity contribution in [2.45, 2.75) is 46.0 Å². The van der Waals surface area contributed by atoms with Crippen molar-refractivity contribution in [1.29, 1.82) is 0 Å². The molecule has 0 heterocycles. The first-order valence-electron chi connectivity index (χ1n) is 11.6. The number of benzene rings is 2. The van der Waals surface area contributed by atoms with Crippen molar-refractivity contribution >= 4 is 18.1 Å². The van der Waals surface area contributed by atoms with Gasteiger partial charge in [-0.25, -0.2) is 10.2 Å². The van der Waals surface area contributed by atoms with Gasteiger partial charge in [-0.1, -0.05) is 26.2 Å². The molecule has 190 valence electrons. The van der Waals surface area contributed by atoms with E-state index < -0.39 is 5.97 Å². The van der Waals surface area contributed by atoms with E-state index in [1.54, 1.807) is 18.2 Å². The molecule has 1 N–H and O–H groups in total. The number of rotatable bonds is 14. The molecule has 2 aromatic rings. The number of ether oxygens (including phenoxy) is 5. The van der Waals surface area contributed by atoms with Crippen LogP contribution in [0.25, 0.3) is 0 Å². The van der Waals surface area contributed by atoms with E-state index in [0.717, 1.165) is 25.7 Å². The quantitative estimate of drug-likeness (QED) is 0.135. The fourth-order valence-corrected chi connectivity index (χ4v) is 3.26. The first-order chi connectivity index (χ1) is 17.0. The summed E-state index contributed by atoms with van der Waals surface area (Å²) in [6.45, 7) is 4.31. The molecule has 2 aromatic carbocycles. The molecule has 0 aliphatic rings. The third-order valence-electron chi connectivity index (χ3n) is 5.03. The fourth-order valence-electron chi connectivity index (χ4n) is 3.26.